The zero-order valence-corrected chi connectivity index (χ0v) is 24.4. The van der Waals surface area contributed by atoms with Crippen LogP contribution in [0.2, 0.25) is 0 Å². The SMILES string of the molecule is CC(C)(C)OC(=O)N(C(=O)OC(C)(C)C)c1ccc(-c2ccc3c(c2)CNC[C@H]3c2ccc3ccccc3c2)nn1. The van der Waals surface area contributed by atoms with Crippen LogP contribution in [0.25, 0.3) is 22.0 Å². The van der Waals surface area contributed by atoms with Crippen LogP contribution in [0.5, 0.6) is 0 Å². The van der Waals surface area contributed by atoms with Crippen molar-refractivity contribution in [3.63, 3.8) is 0 Å². The number of carbonyl (C=O) groups is 2. The first kappa shape index (κ1) is 28.2. The molecule has 8 nitrogen and oxygen atoms in total. The van der Waals surface area contributed by atoms with Crippen LogP contribution < -0.4 is 10.2 Å². The molecular formula is C33H36N4O4. The van der Waals surface area contributed by atoms with E-state index in [0.717, 1.165) is 23.6 Å². The number of hydrogen-bond acceptors (Lipinski definition) is 7. The molecule has 0 saturated carbocycles. The van der Waals surface area contributed by atoms with Crippen LogP contribution in [0.3, 0.4) is 0 Å². The van der Waals surface area contributed by atoms with E-state index in [1.807, 2.05) is 6.07 Å². The summed E-state index contributed by atoms with van der Waals surface area (Å²) in [5.41, 5.74) is 3.65. The highest BCUT2D eigenvalue weighted by molar-refractivity contribution is 6.08. The highest BCUT2D eigenvalue weighted by Gasteiger charge is 2.34. The van der Waals surface area contributed by atoms with Gasteiger partial charge in [0.2, 0.25) is 0 Å². The van der Waals surface area contributed by atoms with Gasteiger partial charge in [0.1, 0.15) is 11.2 Å². The van der Waals surface area contributed by atoms with Crippen molar-refractivity contribution in [1.82, 2.24) is 15.5 Å². The Morgan fingerprint density at radius 1 is 0.805 bits per heavy atom. The molecule has 0 aliphatic carbocycles. The summed E-state index contributed by atoms with van der Waals surface area (Å²) in [6, 6.07) is 24.7. The molecule has 212 valence electrons. The van der Waals surface area contributed by atoms with Gasteiger partial charge in [0.25, 0.3) is 0 Å². The number of nitrogens with one attached hydrogen (secondary N) is 1. The summed E-state index contributed by atoms with van der Waals surface area (Å²) >= 11 is 0. The molecule has 1 atom stereocenters. The Balaban J connectivity index is 1.42. The molecule has 0 radical (unpaired) electrons. The highest BCUT2D eigenvalue weighted by Crippen LogP contribution is 2.34. The Morgan fingerprint density at radius 2 is 1.49 bits per heavy atom. The molecule has 41 heavy (non-hydrogen) atoms. The summed E-state index contributed by atoms with van der Waals surface area (Å²) < 4.78 is 10.9. The van der Waals surface area contributed by atoms with E-state index in [1.165, 1.54) is 27.5 Å². The van der Waals surface area contributed by atoms with Gasteiger partial charge in [0.05, 0.1) is 5.69 Å². The Hall–Kier alpha value is -4.30. The van der Waals surface area contributed by atoms with Crippen molar-refractivity contribution in [2.75, 3.05) is 11.4 Å². The van der Waals surface area contributed by atoms with E-state index in [9.17, 15) is 9.59 Å². The summed E-state index contributed by atoms with van der Waals surface area (Å²) in [4.78, 5) is 26.7. The Kier molecular flexibility index (Phi) is 7.53. The van der Waals surface area contributed by atoms with Crippen molar-refractivity contribution >= 4 is 28.8 Å². The third-order valence-corrected chi connectivity index (χ3v) is 6.69. The molecule has 0 spiro atoms. The van der Waals surface area contributed by atoms with Gasteiger partial charge in [-0.3, -0.25) is 0 Å². The first-order valence-electron chi connectivity index (χ1n) is 13.8. The van der Waals surface area contributed by atoms with Gasteiger partial charge in [0.15, 0.2) is 5.82 Å². The molecule has 3 aromatic carbocycles. The summed E-state index contributed by atoms with van der Waals surface area (Å²) in [5, 5.41) is 14.6. The number of nitrogens with zero attached hydrogens (tertiary/aromatic N) is 3. The third kappa shape index (κ3) is 6.55. The van der Waals surface area contributed by atoms with Gasteiger partial charge in [-0.15, -0.1) is 10.2 Å². The molecule has 4 aromatic rings. The van der Waals surface area contributed by atoms with Crippen LogP contribution >= 0.6 is 0 Å². The second-order valence-electron chi connectivity index (χ2n) is 12.3. The number of imide groups is 1. The average molecular weight is 553 g/mol. The normalized spacial score (nSPS) is 15.2. The van der Waals surface area contributed by atoms with Crippen LogP contribution in [0.15, 0.2) is 72.8 Å². The molecule has 0 saturated heterocycles. The van der Waals surface area contributed by atoms with E-state index < -0.39 is 23.4 Å². The number of aromatic nitrogens is 2. The number of ether oxygens (including phenoxy) is 2. The lowest BCUT2D eigenvalue weighted by atomic mass is 9.84. The zero-order chi connectivity index (χ0) is 29.4. The molecule has 1 aliphatic rings. The highest BCUT2D eigenvalue weighted by atomic mass is 16.6. The molecule has 1 aliphatic heterocycles. The first-order chi connectivity index (χ1) is 19.4. The van der Waals surface area contributed by atoms with E-state index >= 15 is 0 Å². The number of amides is 2. The van der Waals surface area contributed by atoms with E-state index in [0.29, 0.717) is 5.69 Å². The molecule has 0 unspecified atom stereocenters. The van der Waals surface area contributed by atoms with Crippen LogP contribution in [0, 0.1) is 0 Å². The monoisotopic (exact) mass is 552 g/mol. The van der Waals surface area contributed by atoms with E-state index in [2.05, 4.69) is 70.1 Å². The predicted octanol–water partition coefficient (Wildman–Crippen LogP) is 7.21. The van der Waals surface area contributed by atoms with Crippen molar-refractivity contribution in [2.45, 2.75) is 65.2 Å². The van der Waals surface area contributed by atoms with Crippen LogP contribution in [0.4, 0.5) is 15.4 Å². The number of benzene rings is 3. The van der Waals surface area contributed by atoms with E-state index in [-0.39, 0.29) is 11.7 Å². The second-order valence-corrected chi connectivity index (χ2v) is 12.3. The Bertz CT molecular complexity index is 1560. The fraction of sp³-hybridized carbons (Fsp3) is 0.333. The molecule has 2 amide bonds. The van der Waals surface area contributed by atoms with Crippen molar-refractivity contribution in [3.8, 4) is 11.3 Å². The topological polar surface area (TPSA) is 93.7 Å². The molecule has 0 bridgehead atoms. The number of anilines is 1. The molecular weight excluding hydrogens is 516 g/mol. The smallest absolute Gasteiger partial charge is 0.425 e. The van der Waals surface area contributed by atoms with Gasteiger partial charge in [-0.2, -0.15) is 4.90 Å². The Labute approximate surface area is 240 Å². The fourth-order valence-corrected chi connectivity index (χ4v) is 4.92. The maximum atomic E-state index is 13.0. The summed E-state index contributed by atoms with van der Waals surface area (Å²) in [5.74, 6) is 0.260. The lowest BCUT2D eigenvalue weighted by Gasteiger charge is -2.28. The summed E-state index contributed by atoms with van der Waals surface area (Å²) in [6.45, 7) is 12.0. The molecule has 2 heterocycles. The second kappa shape index (κ2) is 10.9. The van der Waals surface area contributed by atoms with Crippen molar-refractivity contribution in [3.05, 3.63) is 89.5 Å². The average Bonchev–Trinajstić information content (AvgIpc) is 2.90. The minimum Gasteiger partial charge on any atom is -0.443 e. The number of carbonyl (C=O) groups excluding carboxylic acids is 2. The zero-order valence-electron chi connectivity index (χ0n) is 24.4. The molecule has 5 rings (SSSR count). The Morgan fingerprint density at radius 3 is 2.12 bits per heavy atom. The molecule has 1 N–H and O–H groups in total. The quantitative estimate of drug-likeness (QED) is 0.287. The molecule has 1 aromatic heterocycles. The van der Waals surface area contributed by atoms with E-state index in [4.69, 9.17) is 9.47 Å². The van der Waals surface area contributed by atoms with Gasteiger partial charge < -0.3 is 14.8 Å². The summed E-state index contributed by atoms with van der Waals surface area (Å²) in [6.07, 6.45) is -1.76. The van der Waals surface area contributed by atoms with Gasteiger partial charge in [-0.05, 0) is 87.2 Å². The molecule has 0 fully saturated rings. The minimum absolute atomic E-state index is 0.0215. The van der Waals surface area contributed by atoms with Crippen molar-refractivity contribution in [2.24, 2.45) is 0 Å². The standard InChI is InChI=1S/C33H36N4O4/c1-32(2,3)40-30(38)37(31(39)41-33(4,5)6)29-16-15-28(35-36-29)24-13-14-26-25(18-24)19-34-20-27(26)23-12-11-21-9-7-8-10-22(21)17-23/h7-18,27,34H,19-20H2,1-6H3/t27-/m0/s1. The number of rotatable bonds is 3. The third-order valence-electron chi connectivity index (χ3n) is 6.69. The van der Waals surface area contributed by atoms with Crippen molar-refractivity contribution in [1.29, 1.82) is 0 Å². The first-order valence-corrected chi connectivity index (χ1v) is 13.8. The predicted molar refractivity (Wildman–Crippen MR) is 160 cm³/mol. The lowest BCUT2D eigenvalue weighted by Crippen LogP contribution is -2.44. The van der Waals surface area contributed by atoms with Gasteiger partial charge in [0, 0.05) is 24.6 Å². The number of fused-ring (bicyclic) bond motifs is 2. The number of hydrogen-bond donors (Lipinski definition) is 1. The largest absolute Gasteiger partial charge is 0.443 e. The van der Waals surface area contributed by atoms with Crippen LogP contribution in [-0.4, -0.2) is 40.1 Å². The fourth-order valence-electron chi connectivity index (χ4n) is 4.92. The lowest BCUT2D eigenvalue weighted by molar-refractivity contribution is 0.0428. The van der Waals surface area contributed by atoms with Crippen molar-refractivity contribution < 1.29 is 19.1 Å². The van der Waals surface area contributed by atoms with Gasteiger partial charge in [-0.25, -0.2) is 9.59 Å². The maximum Gasteiger partial charge on any atom is 0.425 e. The van der Waals surface area contributed by atoms with Gasteiger partial charge in [-0.1, -0.05) is 54.6 Å². The van der Waals surface area contributed by atoms with Crippen LogP contribution in [0.1, 0.15) is 64.2 Å². The van der Waals surface area contributed by atoms with Gasteiger partial charge >= 0.3 is 12.2 Å². The maximum absolute atomic E-state index is 13.0. The molecule has 8 heteroatoms. The minimum atomic E-state index is -0.881. The van der Waals surface area contributed by atoms with E-state index in [1.54, 1.807) is 53.7 Å². The summed E-state index contributed by atoms with van der Waals surface area (Å²) in [7, 11) is 0. The van der Waals surface area contributed by atoms with Crippen LogP contribution in [-0.2, 0) is 16.0 Å².